The highest BCUT2D eigenvalue weighted by atomic mass is 35.5. The van der Waals surface area contributed by atoms with Crippen LogP contribution < -0.4 is 10.6 Å². The highest BCUT2D eigenvalue weighted by Gasteiger charge is 2.16. The summed E-state index contributed by atoms with van der Waals surface area (Å²) in [4.78, 5) is 26.7. The number of oxazole rings is 1. The summed E-state index contributed by atoms with van der Waals surface area (Å²) in [5.74, 6) is -2.73. The number of nitrogens with zero attached hydrogens (tertiary/aromatic N) is 2. The van der Waals surface area contributed by atoms with E-state index in [9.17, 15) is 23.7 Å². The Balaban J connectivity index is 1.49. The maximum absolute atomic E-state index is 13.6. The van der Waals surface area contributed by atoms with Crippen LogP contribution in [0.25, 0.3) is 22.6 Å². The second kappa shape index (κ2) is 8.88. The zero-order valence-corrected chi connectivity index (χ0v) is 17.8. The number of nitrogens with one attached hydrogen (secondary N) is 2. The van der Waals surface area contributed by atoms with Crippen molar-refractivity contribution in [1.82, 2.24) is 10.3 Å². The van der Waals surface area contributed by atoms with Gasteiger partial charge in [-0.2, -0.15) is 0 Å². The quantitative estimate of drug-likeness (QED) is 0.170. The van der Waals surface area contributed by atoms with Gasteiger partial charge >= 0.3 is 0 Å². The number of non-ortho nitro benzene ring substituents is 1. The highest BCUT2D eigenvalue weighted by Crippen LogP contribution is 2.32. The van der Waals surface area contributed by atoms with Crippen molar-refractivity contribution >= 4 is 57.3 Å². The molecular weight excluding hydrogens is 478 g/mol. The van der Waals surface area contributed by atoms with E-state index in [1.807, 2.05) is 0 Å². The lowest BCUT2D eigenvalue weighted by molar-refractivity contribution is -0.384. The lowest BCUT2D eigenvalue weighted by atomic mass is 10.2. The number of anilines is 1. The van der Waals surface area contributed by atoms with Crippen LogP contribution in [0, 0.1) is 21.7 Å². The van der Waals surface area contributed by atoms with E-state index in [1.54, 1.807) is 18.2 Å². The van der Waals surface area contributed by atoms with Gasteiger partial charge in [-0.1, -0.05) is 11.6 Å². The molecule has 0 saturated heterocycles. The normalized spacial score (nSPS) is 10.8. The Morgan fingerprint density at radius 2 is 1.79 bits per heavy atom. The number of thiocarbonyl (C=S) groups is 1. The van der Waals surface area contributed by atoms with E-state index in [2.05, 4.69) is 15.6 Å². The van der Waals surface area contributed by atoms with Crippen molar-refractivity contribution in [3.05, 3.63) is 86.9 Å². The van der Waals surface area contributed by atoms with Crippen LogP contribution in [0.3, 0.4) is 0 Å². The number of carbonyl (C=O) groups is 1. The number of hydrogen-bond donors (Lipinski definition) is 2. The maximum atomic E-state index is 13.6. The van der Waals surface area contributed by atoms with Crippen molar-refractivity contribution < 1.29 is 22.9 Å². The molecule has 1 heterocycles. The minimum Gasteiger partial charge on any atom is -0.436 e. The molecule has 0 atom stereocenters. The molecule has 33 heavy (non-hydrogen) atoms. The first-order chi connectivity index (χ1) is 15.7. The van der Waals surface area contributed by atoms with Gasteiger partial charge in [0, 0.05) is 23.4 Å². The van der Waals surface area contributed by atoms with Gasteiger partial charge in [-0.25, -0.2) is 13.8 Å². The molecule has 166 valence electrons. The van der Waals surface area contributed by atoms with Crippen LogP contribution in [-0.4, -0.2) is 20.9 Å². The van der Waals surface area contributed by atoms with Gasteiger partial charge in [0.1, 0.15) is 5.52 Å². The van der Waals surface area contributed by atoms with E-state index < -0.39 is 22.5 Å². The van der Waals surface area contributed by atoms with Crippen molar-refractivity contribution in [3.8, 4) is 11.5 Å². The zero-order chi connectivity index (χ0) is 23.7. The Morgan fingerprint density at radius 1 is 1.09 bits per heavy atom. The molecule has 12 heteroatoms. The Hall–Kier alpha value is -3.96. The molecule has 4 rings (SSSR count). The third kappa shape index (κ3) is 4.78. The fourth-order valence-electron chi connectivity index (χ4n) is 2.88. The average Bonchev–Trinajstić information content (AvgIpc) is 3.19. The van der Waals surface area contributed by atoms with E-state index in [1.165, 1.54) is 24.3 Å². The predicted molar refractivity (Wildman–Crippen MR) is 121 cm³/mol. The molecule has 4 aromatic rings. The number of carbonyl (C=O) groups excluding carboxylic acids is 1. The molecule has 0 bridgehead atoms. The molecular formula is C21H11ClF2N4O4S. The predicted octanol–water partition coefficient (Wildman–Crippen LogP) is 5.46. The minimum atomic E-state index is -1.09. The average molecular weight is 489 g/mol. The second-order valence-corrected chi connectivity index (χ2v) is 7.48. The van der Waals surface area contributed by atoms with Gasteiger partial charge in [-0.15, -0.1) is 0 Å². The Kier molecular flexibility index (Phi) is 5.99. The number of benzene rings is 3. The molecule has 0 aliphatic heterocycles. The Morgan fingerprint density at radius 3 is 2.48 bits per heavy atom. The van der Waals surface area contributed by atoms with Crippen LogP contribution in [0.15, 0.2) is 59.0 Å². The van der Waals surface area contributed by atoms with Crippen LogP contribution in [-0.2, 0) is 0 Å². The monoisotopic (exact) mass is 488 g/mol. The lowest BCUT2D eigenvalue weighted by Gasteiger charge is -2.09. The van der Waals surface area contributed by atoms with E-state index in [-0.39, 0.29) is 32.8 Å². The fraction of sp³-hybridized carbons (Fsp3) is 0. The van der Waals surface area contributed by atoms with Gasteiger partial charge in [-0.3, -0.25) is 20.2 Å². The second-order valence-electron chi connectivity index (χ2n) is 6.66. The number of fused-ring (bicyclic) bond motifs is 1. The molecule has 1 amide bonds. The molecule has 8 nitrogen and oxygen atoms in total. The first-order valence-corrected chi connectivity index (χ1v) is 9.92. The number of aromatic nitrogens is 1. The van der Waals surface area contributed by atoms with Crippen molar-refractivity contribution in [1.29, 1.82) is 0 Å². The van der Waals surface area contributed by atoms with Gasteiger partial charge < -0.3 is 9.73 Å². The number of halogens is 3. The molecule has 0 fully saturated rings. The first-order valence-electron chi connectivity index (χ1n) is 9.13. The summed E-state index contributed by atoms with van der Waals surface area (Å²) in [5.41, 5.74) is 1.33. The lowest BCUT2D eigenvalue weighted by Crippen LogP contribution is -2.34. The van der Waals surface area contributed by atoms with Gasteiger partial charge in [0.2, 0.25) is 5.89 Å². The summed E-state index contributed by atoms with van der Waals surface area (Å²) in [5, 5.41) is 15.9. The fourth-order valence-corrected chi connectivity index (χ4v) is 3.32. The smallest absolute Gasteiger partial charge is 0.269 e. The molecule has 0 aliphatic carbocycles. The zero-order valence-electron chi connectivity index (χ0n) is 16.3. The molecule has 1 aromatic heterocycles. The summed E-state index contributed by atoms with van der Waals surface area (Å²) in [6.07, 6.45) is 0. The van der Waals surface area contributed by atoms with Crippen LogP contribution in [0.1, 0.15) is 10.4 Å². The highest BCUT2D eigenvalue weighted by molar-refractivity contribution is 7.80. The summed E-state index contributed by atoms with van der Waals surface area (Å²) in [6, 6.07) is 11.5. The number of hydrogen-bond acceptors (Lipinski definition) is 6. The molecule has 0 unspecified atom stereocenters. The standard InChI is InChI=1S/C21H11ClF2N4O4S/c22-14-9-16(24)15(23)8-13(14)20-26-17-7-11(3-6-18(17)32-20)25-21(33)27-19(29)10-1-4-12(5-2-10)28(30)31/h1-9H,(H2,25,27,29,33). The minimum absolute atomic E-state index is 0.0000929. The van der Waals surface area contributed by atoms with Gasteiger partial charge in [0.05, 0.1) is 15.5 Å². The van der Waals surface area contributed by atoms with Crippen molar-refractivity contribution in [2.45, 2.75) is 0 Å². The molecule has 0 spiro atoms. The van der Waals surface area contributed by atoms with E-state index in [0.717, 1.165) is 12.1 Å². The van der Waals surface area contributed by atoms with Crippen LogP contribution in [0.4, 0.5) is 20.2 Å². The molecule has 0 aliphatic rings. The largest absolute Gasteiger partial charge is 0.436 e. The summed E-state index contributed by atoms with van der Waals surface area (Å²) in [7, 11) is 0. The molecule has 3 aromatic carbocycles. The van der Waals surface area contributed by atoms with Crippen LogP contribution in [0.5, 0.6) is 0 Å². The van der Waals surface area contributed by atoms with Gasteiger partial charge in [0.25, 0.3) is 11.6 Å². The van der Waals surface area contributed by atoms with E-state index >= 15 is 0 Å². The summed E-state index contributed by atoms with van der Waals surface area (Å²) in [6.45, 7) is 0. The van der Waals surface area contributed by atoms with E-state index in [4.69, 9.17) is 28.2 Å². The SMILES string of the molecule is O=C(NC(=S)Nc1ccc2oc(-c3cc(F)c(F)cc3Cl)nc2c1)c1ccc([N+](=O)[O-])cc1. The van der Waals surface area contributed by atoms with Crippen molar-refractivity contribution in [3.63, 3.8) is 0 Å². The summed E-state index contributed by atoms with van der Waals surface area (Å²) < 4.78 is 32.5. The first kappa shape index (κ1) is 22.2. The Labute approximate surface area is 194 Å². The van der Waals surface area contributed by atoms with E-state index in [0.29, 0.717) is 16.8 Å². The maximum Gasteiger partial charge on any atom is 0.269 e. The third-order valence-electron chi connectivity index (χ3n) is 4.45. The van der Waals surface area contributed by atoms with Gasteiger partial charge in [-0.05, 0) is 54.7 Å². The van der Waals surface area contributed by atoms with Crippen molar-refractivity contribution in [2.75, 3.05) is 5.32 Å². The third-order valence-corrected chi connectivity index (χ3v) is 4.97. The number of amides is 1. The Bertz CT molecular complexity index is 1430. The van der Waals surface area contributed by atoms with Crippen LogP contribution >= 0.6 is 23.8 Å². The number of rotatable bonds is 4. The number of nitro benzene ring substituents is 1. The number of nitro groups is 1. The van der Waals surface area contributed by atoms with Crippen molar-refractivity contribution in [2.24, 2.45) is 0 Å². The molecule has 0 radical (unpaired) electrons. The van der Waals surface area contributed by atoms with Gasteiger partial charge in [0.15, 0.2) is 22.3 Å². The molecule has 0 saturated carbocycles. The van der Waals surface area contributed by atoms with Crippen LogP contribution in [0.2, 0.25) is 5.02 Å². The summed E-state index contributed by atoms with van der Waals surface area (Å²) >= 11 is 11.1. The molecule has 2 N–H and O–H groups in total. The topological polar surface area (TPSA) is 110 Å².